The number of rotatable bonds is 9. The molecule has 0 unspecified atom stereocenters. The lowest BCUT2D eigenvalue weighted by molar-refractivity contribution is -0.129. The van der Waals surface area contributed by atoms with Crippen LogP contribution >= 0.6 is 23.2 Å². The Morgan fingerprint density at radius 2 is 1.76 bits per heavy atom. The molecule has 9 heteroatoms. The van der Waals surface area contributed by atoms with Gasteiger partial charge in [-0.05, 0) is 41.7 Å². The summed E-state index contributed by atoms with van der Waals surface area (Å²) in [5.41, 5.74) is 13.4. The topological polar surface area (TPSA) is 123 Å². The highest BCUT2D eigenvalue weighted by atomic mass is 35.5. The van der Waals surface area contributed by atoms with Crippen LogP contribution in [0.3, 0.4) is 0 Å². The van der Waals surface area contributed by atoms with Gasteiger partial charge in [0.05, 0.1) is 16.1 Å². The molecule has 0 radical (unpaired) electrons. The van der Waals surface area contributed by atoms with Gasteiger partial charge in [-0.2, -0.15) is 0 Å². The highest BCUT2D eigenvalue weighted by molar-refractivity contribution is 6.42. The summed E-state index contributed by atoms with van der Waals surface area (Å²) in [6.07, 6.45) is 8.29. The zero-order chi connectivity index (χ0) is 23.8. The average molecular weight is 492 g/mol. The van der Waals surface area contributed by atoms with Gasteiger partial charge in [-0.15, -0.1) is 0 Å². The number of nitrogen functional groups attached to an aromatic ring is 1. The number of halogens is 2. The summed E-state index contributed by atoms with van der Waals surface area (Å²) >= 11 is 12.2. The lowest BCUT2D eigenvalue weighted by Crippen LogP contribution is -2.52. The molecule has 1 fully saturated rings. The maximum atomic E-state index is 13.0. The van der Waals surface area contributed by atoms with Crippen LogP contribution in [-0.2, 0) is 22.6 Å². The smallest absolute Gasteiger partial charge is 0.243 e. The van der Waals surface area contributed by atoms with E-state index in [1.807, 2.05) is 0 Å². The van der Waals surface area contributed by atoms with E-state index in [9.17, 15) is 9.59 Å². The summed E-state index contributed by atoms with van der Waals surface area (Å²) in [6.45, 7) is 0.258. The van der Waals surface area contributed by atoms with E-state index < -0.39 is 12.1 Å². The molecule has 6 N–H and O–H groups in total. The van der Waals surface area contributed by atoms with E-state index in [0.717, 1.165) is 24.0 Å². The molecule has 0 spiro atoms. The number of nitrogens with one attached hydrogen (secondary N) is 2. The fraction of sp³-hybridized carbons (Fsp3) is 0.458. The van der Waals surface area contributed by atoms with Gasteiger partial charge in [-0.25, -0.2) is 4.98 Å². The van der Waals surface area contributed by atoms with Crippen LogP contribution in [-0.4, -0.2) is 28.9 Å². The molecule has 0 saturated heterocycles. The molecule has 1 aliphatic rings. The van der Waals surface area contributed by atoms with Crippen LogP contribution in [0.1, 0.15) is 49.7 Å². The van der Waals surface area contributed by atoms with Crippen molar-refractivity contribution in [3.8, 4) is 0 Å². The molecule has 0 aliphatic heterocycles. The van der Waals surface area contributed by atoms with Gasteiger partial charge in [-0.3, -0.25) is 9.59 Å². The maximum absolute atomic E-state index is 13.0. The Bertz CT molecular complexity index is 948. The monoisotopic (exact) mass is 491 g/mol. The van der Waals surface area contributed by atoms with Crippen LogP contribution in [0.25, 0.3) is 0 Å². The predicted molar refractivity (Wildman–Crippen MR) is 132 cm³/mol. The molecule has 33 heavy (non-hydrogen) atoms. The van der Waals surface area contributed by atoms with Crippen molar-refractivity contribution in [3.05, 3.63) is 57.7 Å². The molecule has 1 heterocycles. The van der Waals surface area contributed by atoms with Crippen molar-refractivity contribution in [2.24, 2.45) is 11.7 Å². The zero-order valence-electron chi connectivity index (χ0n) is 18.5. The number of benzene rings is 1. The van der Waals surface area contributed by atoms with E-state index in [-0.39, 0.29) is 24.8 Å². The highest BCUT2D eigenvalue weighted by Crippen LogP contribution is 2.27. The number of aromatic nitrogens is 1. The number of nitrogens with zero attached hydrogens (tertiary/aromatic N) is 1. The van der Waals surface area contributed by atoms with E-state index in [0.29, 0.717) is 28.2 Å². The number of carbonyl (C=O) groups is 2. The molecule has 3 rings (SSSR count). The summed E-state index contributed by atoms with van der Waals surface area (Å²) < 4.78 is 0. The molecule has 1 aliphatic carbocycles. The van der Waals surface area contributed by atoms with Crippen molar-refractivity contribution in [2.45, 2.75) is 63.6 Å². The van der Waals surface area contributed by atoms with Crippen molar-refractivity contribution < 1.29 is 9.59 Å². The van der Waals surface area contributed by atoms with Gasteiger partial charge in [0.25, 0.3) is 0 Å². The Hall–Kier alpha value is -2.35. The molecule has 0 bridgehead atoms. The van der Waals surface area contributed by atoms with Crippen molar-refractivity contribution in [1.29, 1.82) is 0 Å². The lowest BCUT2D eigenvalue weighted by Gasteiger charge is -2.25. The van der Waals surface area contributed by atoms with Gasteiger partial charge in [0.15, 0.2) is 0 Å². The number of carbonyl (C=O) groups excluding carboxylic acids is 2. The normalized spacial score (nSPS) is 16.1. The van der Waals surface area contributed by atoms with E-state index >= 15 is 0 Å². The van der Waals surface area contributed by atoms with E-state index in [4.69, 9.17) is 34.7 Å². The minimum Gasteiger partial charge on any atom is -0.384 e. The van der Waals surface area contributed by atoms with E-state index in [2.05, 4.69) is 15.6 Å². The van der Waals surface area contributed by atoms with E-state index in [1.165, 1.54) is 19.3 Å². The molecule has 2 aromatic rings. The largest absolute Gasteiger partial charge is 0.384 e. The Morgan fingerprint density at radius 3 is 2.42 bits per heavy atom. The Balaban J connectivity index is 1.66. The fourth-order valence-corrected chi connectivity index (χ4v) is 4.45. The fourth-order valence-electron chi connectivity index (χ4n) is 4.13. The second-order valence-corrected chi connectivity index (χ2v) is 9.48. The molecular formula is C24H31Cl2N5O2. The van der Waals surface area contributed by atoms with E-state index in [1.54, 1.807) is 36.5 Å². The number of anilines is 1. The predicted octanol–water partition coefficient (Wildman–Crippen LogP) is 3.61. The SMILES string of the molecule is Nc1ccc(CNC(=O)[C@H](Cc2ccc(Cl)c(Cl)c2)NC(=O)[C@H](N)CC2CCCCC2)cn1. The first-order chi connectivity index (χ1) is 15.8. The molecule has 7 nitrogen and oxygen atoms in total. The van der Waals surface area contributed by atoms with Gasteiger partial charge in [-0.1, -0.05) is 67.4 Å². The summed E-state index contributed by atoms with van der Waals surface area (Å²) in [5, 5.41) is 6.52. The standard InChI is InChI=1S/C24H31Cl2N5O2/c25-18-8-6-16(10-19(18)26)12-21(24(33)30-14-17-7-9-22(28)29-13-17)31-23(32)20(27)11-15-4-2-1-3-5-15/h6-10,13,15,20-21H,1-5,11-12,14,27H2,(H2,28,29)(H,30,33)(H,31,32)/t20-,21+/m1/s1. The Labute approximate surface area is 204 Å². The van der Waals surface area contributed by atoms with Crippen LogP contribution in [0.15, 0.2) is 36.5 Å². The van der Waals surface area contributed by atoms with Gasteiger partial charge >= 0.3 is 0 Å². The summed E-state index contributed by atoms with van der Waals surface area (Å²) in [4.78, 5) is 29.9. The minimum atomic E-state index is -0.811. The van der Waals surface area contributed by atoms with Gasteiger partial charge in [0.2, 0.25) is 11.8 Å². The molecule has 1 saturated carbocycles. The molecule has 2 atom stereocenters. The third kappa shape index (κ3) is 7.88. The van der Waals surface area contributed by atoms with Crippen molar-refractivity contribution in [2.75, 3.05) is 5.73 Å². The van der Waals surface area contributed by atoms with Gasteiger partial charge < -0.3 is 22.1 Å². The lowest BCUT2D eigenvalue weighted by atomic mass is 9.85. The zero-order valence-corrected chi connectivity index (χ0v) is 20.0. The summed E-state index contributed by atoms with van der Waals surface area (Å²) in [7, 11) is 0. The molecular weight excluding hydrogens is 461 g/mol. The molecule has 1 aromatic heterocycles. The molecule has 1 aromatic carbocycles. The van der Waals surface area contributed by atoms with Crippen LogP contribution in [0, 0.1) is 5.92 Å². The van der Waals surface area contributed by atoms with Crippen molar-refractivity contribution >= 4 is 40.8 Å². The quantitative estimate of drug-likeness (QED) is 0.426. The minimum absolute atomic E-state index is 0.255. The number of amides is 2. The molecule has 178 valence electrons. The first-order valence-electron chi connectivity index (χ1n) is 11.3. The highest BCUT2D eigenvalue weighted by Gasteiger charge is 2.26. The van der Waals surface area contributed by atoms with Crippen LogP contribution in [0.5, 0.6) is 0 Å². The number of nitrogens with two attached hydrogens (primary N) is 2. The van der Waals surface area contributed by atoms with Crippen LogP contribution in [0.2, 0.25) is 10.0 Å². The number of pyridine rings is 1. The summed E-state index contributed by atoms with van der Waals surface area (Å²) in [6, 6.07) is 7.14. The Kier molecular flexibility index (Phi) is 9.35. The van der Waals surface area contributed by atoms with Crippen molar-refractivity contribution in [1.82, 2.24) is 15.6 Å². The first kappa shape index (κ1) is 25.3. The van der Waals surface area contributed by atoms with Crippen LogP contribution < -0.4 is 22.1 Å². The van der Waals surface area contributed by atoms with Gasteiger partial charge in [0, 0.05) is 19.2 Å². The molecule has 2 amide bonds. The number of hydrogen-bond acceptors (Lipinski definition) is 5. The van der Waals surface area contributed by atoms with Crippen molar-refractivity contribution in [3.63, 3.8) is 0 Å². The summed E-state index contributed by atoms with van der Waals surface area (Å²) in [5.74, 6) is 0.215. The first-order valence-corrected chi connectivity index (χ1v) is 12.1. The third-order valence-corrected chi connectivity index (χ3v) is 6.76. The maximum Gasteiger partial charge on any atom is 0.243 e. The second kappa shape index (κ2) is 12.2. The third-order valence-electron chi connectivity index (χ3n) is 6.02. The van der Waals surface area contributed by atoms with Crippen LogP contribution in [0.4, 0.5) is 5.82 Å². The number of hydrogen-bond donors (Lipinski definition) is 4. The second-order valence-electron chi connectivity index (χ2n) is 8.67. The average Bonchev–Trinajstić information content (AvgIpc) is 2.81. The van der Waals surface area contributed by atoms with Gasteiger partial charge in [0.1, 0.15) is 11.9 Å². The Morgan fingerprint density at radius 1 is 1.03 bits per heavy atom.